The lowest BCUT2D eigenvalue weighted by atomic mass is 10.2. The average molecular weight is 381 g/mol. The number of nitrogens with zero attached hydrogens (tertiary/aromatic N) is 3. The van der Waals surface area contributed by atoms with Crippen LogP contribution in [0.4, 0.5) is 0 Å². The van der Waals surface area contributed by atoms with Gasteiger partial charge in [-0.05, 0) is 46.5 Å². The Morgan fingerprint density at radius 2 is 2.05 bits per heavy atom. The second-order valence-electron chi connectivity index (χ2n) is 5.43. The van der Waals surface area contributed by atoms with Gasteiger partial charge in [-0.15, -0.1) is 0 Å². The van der Waals surface area contributed by atoms with Gasteiger partial charge in [-0.1, -0.05) is 28.9 Å². The zero-order valence-electron chi connectivity index (χ0n) is 11.4. The average Bonchev–Trinajstić information content (AvgIpc) is 3.25. The largest absolute Gasteiger partial charge is 0.353 e. The highest BCUT2D eigenvalue weighted by molar-refractivity contribution is 9.10. The van der Waals surface area contributed by atoms with E-state index >= 15 is 0 Å². The molecular formula is C15H11BrClN3O2. The van der Waals surface area contributed by atoms with Crippen LogP contribution in [0.15, 0.2) is 38.2 Å². The molecule has 4 rings (SSSR count). The van der Waals surface area contributed by atoms with Gasteiger partial charge in [-0.2, -0.15) is 5.10 Å². The van der Waals surface area contributed by atoms with Crippen molar-refractivity contribution >= 4 is 38.5 Å². The second-order valence-corrected chi connectivity index (χ2v) is 6.61. The number of hydrogen-bond donors (Lipinski definition) is 0. The smallest absolute Gasteiger partial charge is 0.280 e. The Balaban J connectivity index is 1.83. The van der Waals surface area contributed by atoms with Crippen molar-refractivity contribution < 1.29 is 4.52 Å². The van der Waals surface area contributed by atoms with E-state index < -0.39 is 0 Å². The SMILES string of the molecule is O=c1c2c(C3CC3)noc2c(Br)nn1Cc1ccc(Cl)cc1. The zero-order valence-corrected chi connectivity index (χ0v) is 13.8. The van der Waals surface area contributed by atoms with E-state index in [9.17, 15) is 4.79 Å². The maximum atomic E-state index is 12.7. The first-order chi connectivity index (χ1) is 10.6. The summed E-state index contributed by atoms with van der Waals surface area (Å²) >= 11 is 9.25. The van der Waals surface area contributed by atoms with Crippen molar-refractivity contribution in [2.75, 3.05) is 0 Å². The summed E-state index contributed by atoms with van der Waals surface area (Å²) in [6.07, 6.45) is 2.11. The molecule has 0 bridgehead atoms. The molecule has 0 amide bonds. The van der Waals surface area contributed by atoms with Gasteiger partial charge >= 0.3 is 0 Å². The molecule has 0 aliphatic heterocycles. The fourth-order valence-corrected chi connectivity index (χ4v) is 3.07. The molecule has 5 nitrogen and oxygen atoms in total. The highest BCUT2D eigenvalue weighted by Gasteiger charge is 2.31. The van der Waals surface area contributed by atoms with Crippen LogP contribution in [0.2, 0.25) is 5.02 Å². The van der Waals surface area contributed by atoms with Crippen LogP contribution in [0.5, 0.6) is 0 Å². The molecular weight excluding hydrogens is 370 g/mol. The van der Waals surface area contributed by atoms with E-state index in [4.69, 9.17) is 16.1 Å². The molecule has 22 heavy (non-hydrogen) atoms. The molecule has 2 aromatic heterocycles. The summed E-state index contributed by atoms with van der Waals surface area (Å²) in [6, 6.07) is 7.35. The van der Waals surface area contributed by atoms with Crippen molar-refractivity contribution in [2.24, 2.45) is 0 Å². The van der Waals surface area contributed by atoms with Crippen molar-refractivity contribution in [1.82, 2.24) is 14.9 Å². The van der Waals surface area contributed by atoms with E-state index in [-0.39, 0.29) is 5.56 Å². The summed E-state index contributed by atoms with van der Waals surface area (Å²) in [5, 5.41) is 9.53. The number of fused-ring (bicyclic) bond motifs is 1. The molecule has 1 saturated carbocycles. The molecule has 7 heteroatoms. The molecule has 0 atom stereocenters. The van der Waals surface area contributed by atoms with E-state index in [1.807, 2.05) is 12.1 Å². The Hall–Kier alpha value is -1.66. The van der Waals surface area contributed by atoms with Crippen molar-refractivity contribution in [3.8, 4) is 0 Å². The molecule has 1 fully saturated rings. The first-order valence-corrected chi connectivity index (χ1v) is 8.11. The Labute approximate surface area is 139 Å². The van der Waals surface area contributed by atoms with E-state index in [1.54, 1.807) is 12.1 Å². The number of hydrogen-bond acceptors (Lipinski definition) is 4. The quantitative estimate of drug-likeness (QED) is 0.695. The second kappa shape index (κ2) is 5.21. The van der Waals surface area contributed by atoms with Gasteiger partial charge < -0.3 is 4.52 Å². The zero-order chi connectivity index (χ0) is 15.3. The Morgan fingerprint density at radius 1 is 1.32 bits per heavy atom. The van der Waals surface area contributed by atoms with Gasteiger partial charge in [-0.25, -0.2) is 4.68 Å². The van der Waals surface area contributed by atoms with E-state index in [0.29, 0.717) is 33.1 Å². The third-order valence-electron chi connectivity index (χ3n) is 3.77. The molecule has 0 N–H and O–H groups in total. The van der Waals surface area contributed by atoms with Crippen LogP contribution in [0.3, 0.4) is 0 Å². The summed E-state index contributed by atoms with van der Waals surface area (Å²) in [5.74, 6) is 0.340. The number of rotatable bonds is 3. The molecule has 112 valence electrons. The van der Waals surface area contributed by atoms with Gasteiger partial charge in [0, 0.05) is 10.9 Å². The minimum Gasteiger partial charge on any atom is -0.353 e. The molecule has 3 aromatic rings. The summed E-state index contributed by atoms with van der Waals surface area (Å²) in [4.78, 5) is 12.7. The maximum Gasteiger partial charge on any atom is 0.280 e. The predicted molar refractivity (Wildman–Crippen MR) is 86.3 cm³/mol. The van der Waals surface area contributed by atoms with Crippen LogP contribution in [-0.4, -0.2) is 14.9 Å². The first-order valence-electron chi connectivity index (χ1n) is 6.94. The van der Waals surface area contributed by atoms with Crippen LogP contribution in [0, 0.1) is 0 Å². The van der Waals surface area contributed by atoms with Crippen LogP contribution in [0.25, 0.3) is 11.0 Å². The molecule has 1 aliphatic rings. The molecule has 0 saturated heterocycles. The van der Waals surface area contributed by atoms with E-state index in [2.05, 4.69) is 26.2 Å². The van der Waals surface area contributed by atoms with Crippen molar-refractivity contribution in [1.29, 1.82) is 0 Å². The number of aromatic nitrogens is 3. The van der Waals surface area contributed by atoms with Gasteiger partial charge in [0.25, 0.3) is 5.56 Å². The van der Waals surface area contributed by atoms with E-state index in [0.717, 1.165) is 24.1 Å². The maximum absolute atomic E-state index is 12.7. The van der Waals surface area contributed by atoms with Gasteiger partial charge in [0.15, 0.2) is 4.60 Å². The van der Waals surface area contributed by atoms with Gasteiger partial charge in [-0.3, -0.25) is 4.79 Å². The minimum atomic E-state index is -0.170. The number of halogens is 2. The topological polar surface area (TPSA) is 60.9 Å². The van der Waals surface area contributed by atoms with Crippen LogP contribution >= 0.6 is 27.5 Å². The summed E-state index contributed by atoms with van der Waals surface area (Å²) in [7, 11) is 0. The third kappa shape index (κ3) is 2.36. The van der Waals surface area contributed by atoms with Gasteiger partial charge in [0.1, 0.15) is 11.1 Å². The minimum absolute atomic E-state index is 0.170. The Bertz CT molecular complexity index is 913. The summed E-state index contributed by atoms with van der Waals surface area (Å²) in [6.45, 7) is 0.375. The monoisotopic (exact) mass is 379 g/mol. The Kier molecular flexibility index (Phi) is 3.31. The predicted octanol–water partition coefficient (Wildman–Crippen LogP) is 3.73. The standard InChI is InChI=1S/C15H11BrClN3O2/c16-14-13-11(12(19-22-13)9-3-4-9)15(21)20(18-14)7-8-1-5-10(17)6-2-8/h1-2,5-6,9H,3-4,7H2. The normalized spacial score (nSPS) is 14.6. The molecule has 1 aromatic carbocycles. The molecule has 2 heterocycles. The molecule has 0 radical (unpaired) electrons. The van der Waals surface area contributed by atoms with Crippen molar-refractivity contribution in [3.05, 3.63) is 55.5 Å². The molecule has 1 aliphatic carbocycles. The lowest BCUT2D eigenvalue weighted by molar-refractivity contribution is 0.442. The molecule has 0 unspecified atom stereocenters. The lowest BCUT2D eigenvalue weighted by Gasteiger charge is -2.06. The van der Waals surface area contributed by atoms with Crippen LogP contribution < -0.4 is 5.56 Å². The van der Waals surface area contributed by atoms with Gasteiger partial charge in [0.05, 0.1) is 6.54 Å². The summed E-state index contributed by atoms with van der Waals surface area (Å²) in [5.41, 5.74) is 1.97. The fourth-order valence-electron chi connectivity index (χ4n) is 2.48. The van der Waals surface area contributed by atoms with Crippen LogP contribution in [0.1, 0.15) is 30.0 Å². The van der Waals surface area contributed by atoms with Crippen molar-refractivity contribution in [2.45, 2.75) is 25.3 Å². The van der Waals surface area contributed by atoms with E-state index in [1.165, 1.54) is 4.68 Å². The molecule has 0 spiro atoms. The first kappa shape index (κ1) is 14.0. The van der Waals surface area contributed by atoms with Crippen LogP contribution in [-0.2, 0) is 6.54 Å². The number of benzene rings is 1. The fraction of sp³-hybridized carbons (Fsp3) is 0.267. The third-order valence-corrected chi connectivity index (χ3v) is 4.54. The summed E-state index contributed by atoms with van der Waals surface area (Å²) < 4.78 is 7.22. The Morgan fingerprint density at radius 3 is 2.73 bits per heavy atom. The highest BCUT2D eigenvalue weighted by atomic mass is 79.9. The van der Waals surface area contributed by atoms with Gasteiger partial charge in [0.2, 0.25) is 5.58 Å². The van der Waals surface area contributed by atoms with Crippen molar-refractivity contribution in [3.63, 3.8) is 0 Å². The lowest BCUT2D eigenvalue weighted by Crippen LogP contribution is -2.24. The highest BCUT2D eigenvalue weighted by Crippen LogP contribution is 2.42.